The van der Waals surface area contributed by atoms with Crippen molar-refractivity contribution in [3.63, 3.8) is 0 Å². The molecule has 4 aromatic carbocycles. The molecular weight excluding hydrogens is 702 g/mol. The first-order chi connectivity index (χ1) is 22.7. The summed E-state index contributed by atoms with van der Waals surface area (Å²) in [6.07, 6.45) is 1.78. The lowest BCUT2D eigenvalue weighted by molar-refractivity contribution is -0.113. The Morgan fingerprint density at radius 1 is 1.02 bits per heavy atom. The summed E-state index contributed by atoms with van der Waals surface area (Å²) in [5.74, 6) is 1.28. The first-order valence-corrected chi connectivity index (χ1v) is 16.5. The molecule has 0 aliphatic carbocycles. The highest BCUT2D eigenvalue weighted by molar-refractivity contribution is 9.10. The number of nitrogens with zero attached hydrogens (tertiary/aromatic N) is 2. The number of rotatable bonds is 9. The SMILES string of the molecule is COc1cccc([C@@H]2C(C(=O)Nc3ccccc3)=C(C)N=c3s/c(=C\c4cc(Br)c(OCc5cccc(Cl)c5)c(OC)c4)c(=O)n32)c1. The molecule has 0 saturated carbocycles. The smallest absolute Gasteiger partial charge is 0.271 e. The molecule has 0 radical (unpaired) electrons. The van der Waals surface area contributed by atoms with Crippen LogP contribution in [0, 0.1) is 0 Å². The minimum Gasteiger partial charge on any atom is -0.497 e. The highest BCUT2D eigenvalue weighted by Gasteiger charge is 2.33. The number of para-hydroxylation sites is 1. The van der Waals surface area contributed by atoms with Crippen molar-refractivity contribution in [1.29, 1.82) is 0 Å². The number of ether oxygens (including phenoxy) is 3. The zero-order chi connectivity index (χ0) is 33.1. The van der Waals surface area contributed by atoms with E-state index in [2.05, 4.69) is 21.2 Å². The minimum absolute atomic E-state index is 0.282. The fourth-order valence-electron chi connectivity index (χ4n) is 5.36. The van der Waals surface area contributed by atoms with Crippen molar-refractivity contribution in [2.45, 2.75) is 19.6 Å². The van der Waals surface area contributed by atoms with Gasteiger partial charge in [0.1, 0.15) is 12.4 Å². The summed E-state index contributed by atoms with van der Waals surface area (Å²) in [6.45, 7) is 2.07. The van der Waals surface area contributed by atoms with Gasteiger partial charge < -0.3 is 19.5 Å². The average Bonchev–Trinajstić information content (AvgIpc) is 3.37. The zero-order valence-corrected chi connectivity index (χ0v) is 28.8. The summed E-state index contributed by atoms with van der Waals surface area (Å²) in [4.78, 5) is 33.2. The normalized spacial score (nSPS) is 14.3. The number of aromatic nitrogens is 1. The van der Waals surface area contributed by atoms with Gasteiger partial charge in [-0.1, -0.05) is 65.4 Å². The summed E-state index contributed by atoms with van der Waals surface area (Å²) >= 11 is 11.0. The van der Waals surface area contributed by atoms with Crippen molar-refractivity contribution in [2.75, 3.05) is 19.5 Å². The van der Waals surface area contributed by atoms with Crippen LogP contribution in [-0.4, -0.2) is 24.7 Å². The molecule has 47 heavy (non-hydrogen) atoms. The number of carbonyl (C=O) groups excluding carboxylic acids is 1. The molecule has 0 unspecified atom stereocenters. The lowest BCUT2D eigenvalue weighted by Gasteiger charge is -2.25. The van der Waals surface area contributed by atoms with Gasteiger partial charge >= 0.3 is 0 Å². The molecule has 1 amide bonds. The molecule has 8 nitrogen and oxygen atoms in total. The Labute approximate surface area is 288 Å². The van der Waals surface area contributed by atoms with E-state index >= 15 is 0 Å². The van der Waals surface area contributed by atoms with Crippen molar-refractivity contribution in [3.05, 3.63) is 148 Å². The van der Waals surface area contributed by atoms with Crippen molar-refractivity contribution in [2.24, 2.45) is 4.99 Å². The van der Waals surface area contributed by atoms with Crippen LogP contribution in [-0.2, 0) is 11.4 Å². The quantitative estimate of drug-likeness (QED) is 0.179. The van der Waals surface area contributed by atoms with Gasteiger partial charge in [-0.15, -0.1) is 0 Å². The van der Waals surface area contributed by atoms with E-state index in [-0.39, 0.29) is 18.1 Å². The number of methoxy groups -OCH3 is 2. The van der Waals surface area contributed by atoms with Gasteiger partial charge in [-0.25, -0.2) is 4.99 Å². The Balaban J connectivity index is 1.41. The number of amides is 1. The Bertz CT molecular complexity index is 2200. The summed E-state index contributed by atoms with van der Waals surface area (Å²) in [5, 5.41) is 3.60. The number of carbonyl (C=O) groups is 1. The van der Waals surface area contributed by atoms with Gasteiger partial charge in [0.15, 0.2) is 16.3 Å². The van der Waals surface area contributed by atoms with E-state index in [1.165, 1.54) is 11.3 Å². The van der Waals surface area contributed by atoms with E-state index in [0.29, 0.717) is 58.6 Å². The van der Waals surface area contributed by atoms with E-state index in [0.717, 1.165) is 11.1 Å². The number of fused-ring (bicyclic) bond motifs is 1. The number of nitrogens with one attached hydrogen (secondary N) is 1. The van der Waals surface area contributed by atoms with E-state index in [1.54, 1.807) is 43.9 Å². The molecule has 6 rings (SSSR count). The lowest BCUT2D eigenvalue weighted by Crippen LogP contribution is -2.40. The van der Waals surface area contributed by atoms with Crippen LogP contribution in [0.25, 0.3) is 6.08 Å². The predicted molar refractivity (Wildman–Crippen MR) is 188 cm³/mol. The number of allylic oxidation sites excluding steroid dienone is 1. The fraction of sp³-hybridized carbons (Fsp3) is 0.139. The molecular formula is C36H29BrClN3O5S. The second-order valence-corrected chi connectivity index (χ2v) is 12.9. The predicted octanol–water partition coefficient (Wildman–Crippen LogP) is 6.89. The van der Waals surface area contributed by atoms with Crippen molar-refractivity contribution >= 4 is 56.5 Å². The van der Waals surface area contributed by atoms with Crippen LogP contribution in [0.15, 0.2) is 117 Å². The summed E-state index contributed by atoms with van der Waals surface area (Å²) in [5.41, 5.74) is 3.58. The van der Waals surface area contributed by atoms with Gasteiger partial charge in [-0.05, 0) is 94.2 Å². The molecule has 0 saturated heterocycles. The Kier molecular flexibility index (Phi) is 9.63. The van der Waals surface area contributed by atoms with E-state index in [4.69, 9.17) is 30.8 Å². The van der Waals surface area contributed by atoms with E-state index < -0.39 is 6.04 Å². The van der Waals surface area contributed by atoms with Crippen LogP contribution < -0.4 is 34.4 Å². The van der Waals surface area contributed by atoms with Gasteiger partial charge in [-0.2, -0.15) is 0 Å². The molecule has 0 fully saturated rings. The number of halogens is 2. The van der Waals surface area contributed by atoms with Crippen LogP contribution >= 0.6 is 38.9 Å². The summed E-state index contributed by atoms with van der Waals surface area (Å²) in [6, 6.07) is 26.9. The third-order valence-electron chi connectivity index (χ3n) is 7.53. The number of thiazole rings is 1. The largest absolute Gasteiger partial charge is 0.497 e. The fourth-order valence-corrected chi connectivity index (χ4v) is 7.19. The van der Waals surface area contributed by atoms with E-state index in [9.17, 15) is 9.59 Å². The molecule has 1 N–H and O–H groups in total. The molecule has 0 spiro atoms. The number of hydrogen-bond acceptors (Lipinski definition) is 7. The van der Waals surface area contributed by atoms with Gasteiger partial charge in [0.2, 0.25) is 0 Å². The van der Waals surface area contributed by atoms with Crippen molar-refractivity contribution in [3.8, 4) is 17.2 Å². The van der Waals surface area contributed by atoms with Gasteiger partial charge in [0.05, 0.1) is 40.5 Å². The maximum absolute atomic E-state index is 14.2. The topological polar surface area (TPSA) is 91.2 Å². The molecule has 5 aromatic rings. The Morgan fingerprint density at radius 2 is 1.81 bits per heavy atom. The average molecular weight is 731 g/mol. The van der Waals surface area contributed by atoms with Crippen LogP contribution in [0.1, 0.15) is 29.7 Å². The summed E-state index contributed by atoms with van der Waals surface area (Å²) in [7, 11) is 3.14. The summed E-state index contributed by atoms with van der Waals surface area (Å²) < 4.78 is 19.9. The lowest BCUT2D eigenvalue weighted by atomic mass is 9.95. The first kappa shape index (κ1) is 32.3. The molecule has 2 heterocycles. The first-order valence-electron chi connectivity index (χ1n) is 14.5. The monoisotopic (exact) mass is 729 g/mol. The van der Waals surface area contributed by atoms with Crippen LogP contribution in [0.3, 0.4) is 0 Å². The molecule has 1 aliphatic rings. The molecule has 238 valence electrons. The Hall–Kier alpha value is -4.64. The van der Waals surface area contributed by atoms with E-state index in [1.807, 2.05) is 78.9 Å². The van der Waals surface area contributed by atoms with Crippen LogP contribution in [0.2, 0.25) is 5.02 Å². The Morgan fingerprint density at radius 3 is 2.55 bits per heavy atom. The standard InChI is InChI=1S/C36H29BrClN3O5S/c1-21-31(34(42)40-26-12-5-4-6-13-26)32(24-10-8-14-27(19-24)44-2)41-35(43)30(47-36(41)39-21)18-23-16-28(37)33(29(17-23)45-3)46-20-22-9-7-11-25(38)15-22/h4-19,32H,20H2,1-3H3,(H,40,42)/b30-18-/t32-/m1/s1. The third kappa shape index (κ3) is 6.90. The maximum Gasteiger partial charge on any atom is 0.271 e. The highest BCUT2D eigenvalue weighted by Crippen LogP contribution is 2.38. The minimum atomic E-state index is -0.740. The molecule has 1 aromatic heterocycles. The van der Waals surface area contributed by atoms with Crippen molar-refractivity contribution < 1.29 is 19.0 Å². The third-order valence-corrected chi connectivity index (χ3v) is 9.34. The second kappa shape index (κ2) is 14.0. The zero-order valence-electron chi connectivity index (χ0n) is 25.6. The van der Waals surface area contributed by atoms with Crippen LogP contribution in [0.4, 0.5) is 5.69 Å². The molecule has 11 heteroatoms. The molecule has 1 aliphatic heterocycles. The molecule has 1 atom stereocenters. The van der Waals surface area contributed by atoms with Crippen LogP contribution in [0.5, 0.6) is 17.2 Å². The number of anilines is 1. The van der Waals surface area contributed by atoms with Crippen molar-refractivity contribution in [1.82, 2.24) is 4.57 Å². The highest BCUT2D eigenvalue weighted by atomic mass is 79.9. The molecule has 0 bridgehead atoms. The second-order valence-electron chi connectivity index (χ2n) is 10.6. The van der Waals surface area contributed by atoms with Gasteiger partial charge in [-0.3, -0.25) is 14.2 Å². The van der Waals surface area contributed by atoms with Gasteiger partial charge in [0.25, 0.3) is 11.5 Å². The number of benzene rings is 4. The maximum atomic E-state index is 14.2. The van der Waals surface area contributed by atoms with Gasteiger partial charge in [0, 0.05) is 10.7 Å². The number of hydrogen-bond donors (Lipinski definition) is 1.